The average Bonchev–Trinajstić information content (AvgIpc) is 2.74. The molecular weight excluding hydrogens is 469 g/mol. The summed E-state index contributed by atoms with van der Waals surface area (Å²) in [7, 11) is -4.94. The Balaban J connectivity index is 2.22. The van der Waals surface area contributed by atoms with Crippen molar-refractivity contribution in [2.24, 2.45) is 0 Å². The minimum Gasteiger partial charge on any atom is -0.296 e. The Labute approximate surface area is 189 Å². The normalized spacial score (nSPS) is 12.8. The molecule has 0 unspecified atom stereocenters. The van der Waals surface area contributed by atoms with Crippen molar-refractivity contribution in [1.82, 2.24) is 5.09 Å². The Bertz CT molecular complexity index is 1060. The molecule has 1 N–H and O–H groups in total. The Morgan fingerprint density at radius 1 is 0.933 bits per heavy atom. The predicted octanol–water partition coefficient (Wildman–Crippen LogP) is 6.60. The summed E-state index contributed by atoms with van der Waals surface area (Å²) in [5, 5.41) is 6.27. The molecule has 0 aliphatic heterocycles. The van der Waals surface area contributed by atoms with Crippen LogP contribution in [0.3, 0.4) is 0 Å². The van der Waals surface area contributed by atoms with Gasteiger partial charge < -0.3 is 0 Å². The van der Waals surface area contributed by atoms with Crippen molar-refractivity contribution in [2.75, 3.05) is 0 Å². The molecule has 0 saturated carbocycles. The molecule has 30 heavy (non-hydrogen) atoms. The van der Waals surface area contributed by atoms with Crippen LogP contribution in [0.1, 0.15) is 11.6 Å². The first-order valence-corrected chi connectivity index (χ1v) is 15.9. The highest BCUT2D eigenvalue weighted by Crippen LogP contribution is 2.44. The summed E-state index contributed by atoms with van der Waals surface area (Å²) in [6, 6.07) is 27.3. The van der Waals surface area contributed by atoms with Crippen LogP contribution in [0.25, 0.3) is 0 Å². The summed E-state index contributed by atoms with van der Waals surface area (Å²) in [5.41, 5.74) is 4.26. The van der Waals surface area contributed by atoms with Crippen LogP contribution in [0.2, 0.25) is 19.6 Å². The maximum atomic E-state index is 14.7. The number of hydrogen-bond donors (Lipinski definition) is 1. The van der Waals surface area contributed by atoms with Gasteiger partial charge in [0.15, 0.2) is 0 Å². The Morgan fingerprint density at radius 3 is 1.90 bits per heavy atom. The molecule has 5 heteroatoms. The first-order valence-electron chi connectivity index (χ1n) is 9.90. The Morgan fingerprint density at radius 2 is 1.47 bits per heavy atom. The smallest absolute Gasteiger partial charge is 0.205 e. The number of hydrogen-bond acceptors (Lipinski definition) is 1. The van der Waals surface area contributed by atoms with Crippen LogP contribution in [0.5, 0.6) is 0 Å². The van der Waals surface area contributed by atoms with Gasteiger partial charge in [-0.2, -0.15) is 0 Å². The first kappa shape index (κ1) is 22.7. The lowest BCUT2D eigenvalue weighted by atomic mass is 10.1. The van der Waals surface area contributed by atoms with Crippen LogP contribution >= 0.6 is 23.2 Å². The fourth-order valence-corrected chi connectivity index (χ4v) is 8.14. The highest BCUT2D eigenvalue weighted by molar-refractivity contribution is 9.10. The molecule has 3 rings (SSSR count). The molecule has 0 aliphatic carbocycles. The molecule has 0 saturated heterocycles. The maximum absolute atomic E-state index is 14.7. The summed E-state index contributed by atoms with van der Waals surface area (Å²) in [4.78, 5) is 0. The van der Waals surface area contributed by atoms with Gasteiger partial charge in [0.05, 0.1) is 14.1 Å². The number of benzene rings is 3. The number of halogens is 1. The van der Waals surface area contributed by atoms with E-state index in [2.05, 4.69) is 65.1 Å². The topological polar surface area (TPSA) is 29.1 Å². The molecule has 0 aliphatic rings. The molecule has 0 aromatic heterocycles. The molecular formula is C25H27BrNOPSi. The van der Waals surface area contributed by atoms with Crippen LogP contribution in [-0.4, -0.2) is 8.07 Å². The quantitative estimate of drug-likeness (QED) is 0.227. The van der Waals surface area contributed by atoms with Gasteiger partial charge in [-0.3, -0.25) is 4.57 Å². The van der Waals surface area contributed by atoms with Crippen LogP contribution in [0, 0.1) is 0 Å². The number of nitrogens with one attached hydrogen (secondary N) is 1. The van der Waals surface area contributed by atoms with Crippen molar-refractivity contribution in [3.8, 4) is 0 Å². The van der Waals surface area contributed by atoms with E-state index in [0.29, 0.717) is 0 Å². The summed E-state index contributed by atoms with van der Waals surface area (Å²) in [6.07, 6.45) is 0. The molecule has 0 spiro atoms. The zero-order chi connectivity index (χ0) is 21.8. The molecule has 154 valence electrons. The summed E-state index contributed by atoms with van der Waals surface area (Å²) >= 11 is 3.59. The van der Waals surface area contributed by atoms with E-state index in [1.807, 2.05) is 72.8 Å². The first-order chi connectivity index (χ1) is 14.3. The SMILES string of the molecule is C=C=C([C@H](NP(=O)(c1ccccc1)c1ccccc1)c1cccc(Br)c1)[Si](C)(C)C. The van der Waals surface area contributed by atoms with E-state index >= 15 is 0 Å². The third kappa shape index (κ3) is 5.03. The van der Waals surface area contributed by atoms with Crippen molar-refractivity contribution in [2.45, 2.75) is 25.7 Å². The molecule has 0 bridgehead atoms. The van der Waals surface area contributed by atoms with E-state index in [-0.39, 0.29) is 6.04 Å². The van der Waals surface area contributed by atoms with Crippen molar-refractivity contribution >= 4 is 41.9 Å². The lowest BCUT2D eigenvalue weighted by Gasteiger charge is -2.33. The van der Waals surface area contributed by atoms with Crippen molar-refractivity contribution in [1.29, 1.82) is 0 Å². The molecule has 3 aromatic rings. The van der Waals surface area contributed by atoms with E-state index in [0.717, 1.165) is 25.8 Å². The third-order valence-electron chi connectivity index (χ3n) is 5.02. The van der Waals surface area contributed by atoms with Gasteiger partial charge >= 0.3 is 0 Å². The molecule has 1 atom stereocenters. The van der Waals surface area contributed by atoms with Crippen LogP contribution in [0.4, 0.5) is 0 Å². The minimum absolute atomic E-state index is 0.252. The van der Waals surface area contributed by atoms with Crippen LogP contribution in [-0.2, 0) is 4.57 Å². The summed E-state index contributed by atoms with van der Waals surface area (Å²) < 4.78 is 15.6. The average molecular weight is 496 g/mol. The second-order valence-electron chi connectivity index (χ2n) is 8.24. The largest absolute Gasteiger partial charge is 0.296 e. The van der Waals surface area contributed by atoms with Gasteiger partial charge in [-0.25, -0.2) is 5.09 Å². The van der Waals surface area contributed by atoms with E-state index in [1.165, 1.54) is 0 Å². The summed E-state index contributed by atoms with van der Waals surface area (Å²) in [5.74, 6) is 0. The maximum Gasteiger partial charge on any atom is 0.205 e. The lowest BCUT2D eigenvalue weighted by Crippen LogP contribution is -2.37. The van der Waals surface area contributed by atoms with E-state index < -0.39 is 15.4 Å². The molecule has 0 heterocycles. The van der Waals surface area contributed by atoms with Gasteiger partial charge in [-0.15, -0.1) is 5.73 Å². The standard InChI is InChI=1S/C25H27BrNOPSi/c1-5-24(30(2,3)4)25(20-13-12-14-21(26)19-20)27-29(28,22-15-8-6-9-16-22)23-17-10-7-11-18-23/h6-19,25H,1H2,2-4H3,(H,27,28)/t25-/m1/s1. The Hall–Kier alpha value is -1.93. The third-order valence-corrected chi connectivity index (χ3v) is 10.3. The van der Waals surface area contributed by atoms with Gasteiger partial charge in [0.1, 0.15) is 0 Å². The monoisotopic (exact) mass is 495 g/mol. The summed E-state index contributed by atoms with van der Waals surface area (Å²) in [6.45, 7) is 10.8. The van der Waals surface area contributed by atoms with E-state index in [1.54, 1.807) is 0 Å². The zero-order valence-corrected chi connectivity index (χ0v) is 21.1. The fourth-order valence-electron chi connectivity index (χ4n) is 3.55. The molecule has 3 aromatic carbocycles. The van der Waals surface area contributed by atoms with Crippen LogP contribution in [0.15, 0.2) is 107 Å². The van der Waals surface area contributed by atoms with Gasteiger partial charge in [0.25, 0.3) is 0 Å². The Kier molecular flexibility index (Phi) is 7.18. The molecule has 0 amide bonds. The van der Waals surface area contributed by atoms with Crippen LogP contribution < -0.4 is 15.7 Å². The van der Waals surface area contributed by atoms with Crippen molar-refractivity contribution in [3.05, 3.63) is 112 Å². The zero-order valence-electron chi connectivity index (χ0n) is 17.6. The highest BCUT2D eigenvalue weighted by atomic mass is 79.9. The van der Waals surface area contributed by atoms with E-state index in [9.17, 15) is 4.57 Å². The predicted molar refractivity (Wildman–Crippen MR) is 136 cm³/mol. The van der Waals surface area contributed by atoms with Crippen molar-refractivity contribution in [3.63, 3.8) is 0 Å². The molecule has 0 fully saturated rings. The number of rotatable bonds is 7. The van der Waals surface area contributed by atoms with Gasteiger partial charge in [0, 0.05) is 15.1 Å². The molecule has 0 radical (unpaired) electrons. The van der Waals surface area contributed by atoms with Gasteiger partial charge in [-0.1, -0.05) is 90.7 Å². The lowest BCUT2D eigenvalue weighted by molar-refractivity contribution is 0.572. The van der Waals surface area contributed by atoms with Gasteiger partial charge in [0.2, 0.25) is 7.29 Å². The van der Waals surface area contributed by atoms with Gasteiger partial charge in [-0.05, 0) is 47.2 Å². The van der Waals surface area contributed by atoms with Crippen molar-refractivity contribution < 1.29 is 4.57 Å². The highest BCUT2D eigenvalue weighted by Gasteiger charge is 2.35. The van der Waals surface area contributed by atoms with E-state index in [4.69, 9.17) is 0 Å². The minimum atomic E-state index is -3.13. The second-order valence-corrected chi connectivity index (χ2v) is 16.7. The molecule has 2 nitrogen and oxygen atoms in total. The fraction of sp³-hybridized carbons (Fsp3) is 0.160. The second kappa shape index (κ2) is 9.47.